The number of hydrogen-bond donors (Lipinski definition) is 0. The van der Waals surface area contributed by atoms with Gasteiger partial charge in [-0.15, -0.1) is 0 Å². The van der Waals surface area contributed by atoms with Crippen molar-refractivity contribution in [2.75, 3.05) is 0 Å². The molecule has 0 spiro atoms. The molecule has 2 aromatic carbocycles. The number of aromatic nitrogens is 1. The number of rotatable bonds is 7. The number of benzene rings is 2. The Morgan fingerprint density at radius 1 is 0.964 bits per heavy atom. The van der Waals surface area contributed by atoms with Gasteiger partial charge >= 0.3 is 0 Å². The van der Waals surface area contributed by atoms with E-state index in [1.165, 1.54) is 11.1 Å². The highest BCUT2D eigenvalue weighted by molar-refractivity contribution is 5.94. The van der Waals surface area contributed by atoms with Gasteiger partial charge in [0.05, 0.1) is 6.54 Å². The molecule has 0 saturated carbocycles. The Hall–Kier alpha value is -2.81. The average molecular weight is 375 g/mol. The van der Waals surface area contributed by atoms with Gasteiger partial charge in [0, 0.05) is 30.0 Å². The number of amides is 1. The van der Waals surface area contributed by atoms with Crippen LogP contribution in [0.15, 0.2) is 72.9 Å². The third kappa shape index (κ3) is 4.72. The smallest absolute Gasteiger partial charge is 0.254 e. The Balaban J connectivity index is 1.85. The lowest BCUT2D eigenvalue weighted by atomic mass is 10.0. The fourth-order valence-corrected chi connectivity index (χ4v) is 3.44. The van der Waals surface area contributed by atoms with Crippen LogP contribution in [0.4, 0.5) is 0 Å². The predicted octanol–water partition coefficient (Wildman–Crippen LogP) is 5.53. The third-order valence-electron chi connectivity index (χ3n) is 5.43. The fourth-order valence-electron chi connectivity index (χ4n) is 3.44. The van der Waals surface area contributed by atoms with E-state index in [9.17, 15) is 4.79 Å². The molecule has 1 heterocycles. The Bertz CT molecular complexity index is 911. The van der Waals surface area contributed by atoms with Crippen LogP contribution < -0.4 is 0 Å². The molecule has 3 heteroatoms. The van der Waals surface area contributed by atoms with Crippen molar-refractivity contribution in [2.45, 2.75) is 46.8 Å². The molecule has 1 amide bonds. The van der Waals surface area contributed by atoms with Crippen LogP contribution in [0.1, 0.15) is 48.0 Å². The molecule has 0 bridgehead atoms. The van der Waals surface area contributed by atoms with Crippen LogP contribution >= 0.6 is 0 Å². The van der Waals surface area contributed by atoms with Gasteiger partial charge in [-0.1, -0.05) is 61.9 Å². The number of carbonyl (C=O) groups excluding carboxylic acids is 1. The average Bonchev–Trinajstić information content (AvgIpc) is 3.12. The van der Waals surface area contributed by atoms with E-state index in [-0.39, 0.29) is 11.9 Å². The Labute approximate surface area is 168 Å². The summed E-state index contributed by atoms with van der Waals surface area (Å²) in [5.74, 6) is 0.470. The van der Waals surface area contributed by atoms with Gasteiger partial charge in [0.15, 0.2) is 0 Å². The molecule has 1 unspecified atom stereocenters. The minimum atomic E-state index is 0.0881. The van der Waals surface area contributed by atoms with Gasteiger partial charge in [-0.3, -0.25) is 4.79 Å². The van der Waals surface area contributed by atoms with Crippen molar-refractivity contribution in [1.29, 1.82) is 0 Å². The largest absolute Gasteiger partial charge is 0.345 e. The zero-order valence-electron chi connectivity index (χ0n) is 17.3. The summed E-state index contributed by atoms with van der Waals surface area (Å²) in [6.45, 7) is 10.0. The quantitative estimate of drug-likeness (QED) is 0.534. The molecular weight excluding hydrogens is 344 g/mol. The van der Waals surface area contributed by atoms with Crippen LogP contribution in [0.2, 0.25) is 0 Å². The van der Waals surface area contributed by atoms with E-state index < -0.39 is 0 Å². The molecule has 0 radical (unpaired) electrons. The normalized spacial score (nSPS) is 12.2. The molecular formula is C25H30N2O. The summed E-state index contributed by atoms with van der Waals surface area (Å²) in [4.78, 5) is 15.2. The standard InChI is InChI=1S/C25H30N2O/c1-19(2)21(4)27(25(28)23-12-6-5-7-13-23)18-24-14-9-15-26(24)17-22-11-8-10-20(3)16-22/h5-16,19,21H,17-18H2,1-4H3. The van der Waals surface area contributed by atoms with E-state index in [1.807, 2.05) is 35.2 Å². The van der Waals surface area contributed by atoms with Crippen LogP contribution in [0.3, 0.4) is 0 Å². The van der Waals surface area contributed by atoms with Gasteiger partial charge in [-0.05, 0) is 49.6 Å². The Morgan fingerprint density at radius 3 is 2.39 bits per heavy atom. The summed E-state index contributed by atoms with van der Waals surface area (Å²) in [5.41, 5.74) is 4.43. The molecule has 28 heavy (non-hydrogen) atoms. The molecule has 0 fully saturated rings. The number of aryl methyl sites for hydroxylation is 1. The summed E-state index contributed by atoms with van der Waals surface area (Å²) in [6, 6.07) is 22.5. The zero-order valence-corrected chi connectivity index (χ0v) is 17.3. The maximum atomic E-state index is 13.2. The first-order chi connectivity index (χ1) is 13.5. The van der Waals surface area contributed by atoms with Crippen LogP contribution in [-0.2, 0) is 13.1 Å². The van der Waals surface area contributed by atoms with Gasteiger partial charge in [0.25, 0.3) is 5.91 Å². The number of nitrogens with zero attached hydrogens (tertiary/aromatic N) is 2. The molecule has 0 saturated heterocycles. The lowest BCUT2D eigenvalue weighted by Crippen LogP contribution is -2.41. The molecule has 146 valence electrons. The van der Waals surface area contributed by atoms with E-state index in [1.54, 1.807) is 0 Å². The first-order valence-corrected chi connectivity index (χ1v) is 10.0. The van der Waals surface area contributed by atoms with Crippen LogP contribution in [-0.4, -0.2) is 21.4 Å². The fraction of sp³-hybridized carbons (Fsp3) is 0.320. The highest BCUT2D eigenvalue weighted by Gasteiger charge is 2.24. The van der Waals surface area contributed by atoms with E-state index in [2.05, 4.69) is 74.9 Å². The van der Waals surface area contributed by atoms with Gasteiger partial charge in [-0.25, -0.2) is 0 Å². The molecule has 0 aliphatic heterocycles. The highest BCUT2D eigenvalue weighted by atomic mass is 16.2. The third-order valence-corrected chi connectivity index (χ3v) is 5.43. The summed E-state index contributed by atoms with van der Waals surface area (Å²) in [5, 5.41) is 0. The summed E-state index contributed by atoms with van der Waals surface area (Å²) < 4.78 is 2.24. The molecule has 3 aromatic rings. The second kappa shape index (κ2) is 8.92. The van der Waals surface area contributed by atoms with Crippen molar-refractivity contribution in [3.63, 3.8) is 0 Å². The van der Waals surface area contributed by atoms with E-state index in [4.69, 9.17) is 0 Å². The van der Waals surface area contributed by atoms with Crippen molar-refractivity contribution < 1.29 is 4.79 Å². The summed E-state index contributed by atoms with van der Waals surface area (Å²) in [6.07, 6.45) is 2.10. The first-order valence-electron chi connectivity index (χ1n) is 10.0. The minimum Gasteiger partial charge on any atom is -0.345 e. The number of carbonyl (C=O) groups is 1. The van der Waals surface area contributed by atoms with E-state index in [0.717, 1.165) is 17.8 Å². The molecule has 3 nitrogen and oxygen atoms in total. The van der Waals surface area contributed by atoms with Gasteiger partial charge < -0.3 is 9.47 Å². The second-order valence-corrected chi connectivity index (χ2v) is 7.90. The Kier molecular flexibility index (Phi) is 6.35. The van der Waals surface area contributed by atoms with Crippen molar-refractivity contribution in [1.82, 2.24) is 9.47 Å². The minimum absolute atomic E-state index is 0.0881. The van der Waals surface area contributed by atoms with Gasteiger partial charge in [0.1, 0.15) is 0 Å². The Morgan fingerprint density at radius 2 is 1.71 bits per heavy atom. The van der Waals surface area contributed by atoms with Crippen molar-refractivity contribution in [3.05, 3.63) is 95.3 Å². The lowest BCUT2D eigenvalue weighted by molar-refractivity contribution is 0.0622. The maximum absolute atomic E-state index is 13.2. The highest BCUT2D eigenvalue weighted by Crippen LogP contribution is 2.19. The summed E-state index contributed by atoms with van der Waals surface area (Å²) in [7, 11) is 0. The SMILES string of the molecule is Cc1cccc(Cn2cccc2CN(C(=O)c2ccccc2)C(C)C(C)C)c1. The molecule has 0 aliphatic rings. The van der Waals surface area contributed by atoms with Crippen LogP contribution in [0.25, 0.3) is 0 Å². The van der Waals surface area contributed by atoms with Gasteiger partial charge in [0.2, 0.25) is 0 Å². The molecule has 0 N–H and O–H groups in total. The first kappa shape index (κ1) is 19.9. The summed E-state index contributed by atoms with van der Waals surface area (Å²) >= 11 is 0. The number of hydrogen-bond acceptors (Lipinski definition) is 1. The van der Waals surface area contributed by atoms with E-state index >= 15 is 0 Å². The molecule has 0 aliphatic carbocycles. The van der Waals surface area contributed by atoms with Crippen molar-refractivity contribution >= 4 is 5.91 Å². The monoisotopic (exact) mass is 374 g/mol. The molecule has 1 aromatic heterocycles. The van der Waals surface area contributed by atoms with Crippen molar-refractivity contribution in [2.24, 2.45) is 5.92 Å². The van der Waals surface area contributed by atoms with Gasteiger partial charge in [-0.2, -0.15) is 0 Å². The van der Waals surface area contributed by atoms with Crippen LogP contribution in [0.5, 0.6) is 0 Å². The molecule has 1 atom stereocenters. The van der Waals surface area contributed by atoms with E-state index in [0.29, 0.717) is 12.5 Å². The molecule has 3 rings (SSSR count). The second-order valence-electron chi connectivity index (χ2n) is 7.90. The lowest BCUT2D eigenvalue weighted by Gasteiger charge is -2.32. The zero-order chi connectivity index (χ0) is 20.1. The topological polar surface area (TPSA) is 25.2 Å². The predicted molar refractivity (Wildman–Crippen MR) is 115 cm³/mol. The van der Waals surface area contributed by atoms with Crippen molar-refractivity contribution in [3.8, 4) is 0 Å². The van der Waals surface area contributed by atoms with Crippen LogP contribution in [0, 0.1) is 12.8 Å². The maximum Gasteiger partial charge on any atom is 0.254 e.